The molecule has 2 rings (SSSR count). The average molecular weight is 276 g/mol. The average Bonchev–Trinajstić information content (AvgIpc) is 2.83. The monoisotopic (exact) mass is 276 g/mol. The van der Waals surface area contributed by atoms with E-state index in [0.717, 1.165) is 16.3 Å². The Morgan fingerprint density at radius 1 is 1.37 bits per heavy atom. The zero-order valence-electron chi connectivity index (χ0n) is 11.1. The third-order valence-corrected chi connectivity index (χ3v) is 3.85. The van der Waals surface area contributed by atoms with Gasteiger partial charge in [-0.25, -0.2) is 9.78 Å². The van der Waals surface area contributed by atoms with E-state index in [1.807, 2.05) is 38.1 Å². The molecule has 4 nitrogen and oxygen atoms in total. The van der Waals surface area contributed by atoms with E-state index in [0.29, 0.717) is 10.6 Å². The number of thiazole rings is 1. The second kappa shape index (κ2) is 5.40. The van der Waals surface area contributed by atoms with Crippen molar-refractivity contribution in [3.05, 3.63) is 34.8 Å². The largest absolute Gasteiger partial charge is 0.465 e. The van der Waals surface area contributed by atoms with Crippen LogP contribution in [0, 0.1) is 0 Å². The lowest BCUT2D eigenvalue weighted by atomic mass is 10.1. The van der Waals surface area contributed by atoms with Crippen molar-refractivity contribution in [3.8, 4) is 10.6 Å². The quantitative estimate of drug-likeness (QED) is 0.690. The third-order valence-electron chi connectivity index (χ3n) is 2.76. The number of ether oxygens (including phenoxy) is 1. The number of hydrogen-bond donors (Lipinski definition) is 1. The number of nitrogens with zero attached hydrogens (tertiary/aromatic N) is 1. The van der Waals surface area contributed by atoms with E-state index in [1.165, 1.54) is 18.4 Å². The Labute approximate surface area is 116 Å². The van der Waals surface area contributed by atoms with Gasteiger partial charge in [0.25, 0.3) is 0 Å². The molecule has 0 saturated heterocycles. The number of anilines is 1. The van der Waals surface area contributed by atoms with Crippen molar-refractivity contribution in [3.63, 3.8) is 0 Å². The number of esters is 1. The smallest absolute Gasteiger partial charge is 0.350 e. The van der Waals surface area contributed by atoms with Crippen molar-refractivity contribution >= 4 is 23.0 Å². The molecule has 0 aliphatic rings. The first-order valence-electron chi connectivity index (χ1n) is 5.98. The molecule has 100 valence electrons. The third kappa shape index (κ3) is 2.61. The van der Waals surface area contributed by atoms with Crippen molar-refractivity contribution < 1.29 is 9.53 Å². The number of carbonyl (C=O) groups is 1. The molecule has 1 heterocycles. The molecule has 0 unspecified atom stereocenters. The van der Waals surface area contributed by atoms with Gasteiger partial charge in [0.05, 0.1) is 12.8 Å². The van der Waals surface area contributed by atoms with Gasteiger partial charge in [-0.2, -0.15) is 0 Å². The van der Waals surface area contributed by atoms with Crippen LogP contribution in [0.4, 0.5) is 5.69 Å². The molecular formula is C14H16N2O2S. The van der Waals surface area contributed by atoms with Gasteiger partial charge in [0.1, 0.15) is 9.88 Å². The lowest BCUT2D eigenvalue weighted by Crippen LogP contribution is -2.03. The number of methoxy groups -OCH3 is 1. The molecule has 0 amide bonds. The summed E-state index contributed by atoms with van der Waals surface area (Å²) in [6.45, 7) is 4.00. The number of aromatic nitrogens is 1. The number of nitrogen functional groups attached to an aromatic ring is 1. The Morgan fingerprint density at radius 3 is 2.63 bits per heavy atom. The van der Waals surface area contributed by atoms with E-state index in [2.05, 4.69) is 4.98 Å². The molecule has 1 aromatic heterocycles. The van der Waals surface area contributed by atoms with Gasteiger partial charge < -0.3 is 10.5 Å². The minimum absolute atomic E-state index is 0.157. The maximum atomic E-state index is 11.8. The van der Waals surface area contributed by atoms with Crippen LogP contribution < -0.4 is 5.73 Å². The molecule has 19 heavy (non-hydrogen) atoms. The maximum absolute atomic E-state index is 11.8. The Bertz CT molecular complexity index is 605. The summed E-state index contributed by atoms with van der Waals surface area (Å²) in [4.78, 5) is 16.9. The summed E-state index contributed by atoms with van der Waals surface area (Å²) in [5, 5.41) is 0.752. The van der Waals surface area contributed by atoms with E-state index in [4.69, 9.17) is 10.5 Å². The van der Waals surface area contributed by atoms with Crippen LogP contribution >= 0.6 is 11.3 Å². The zero-order valence-corrected chi connectivity index (χ0v) is 12.0. The minimum atomic E-state index is -0.345. The second-order valence-corrected chi connectivity index (χ2v) is 5.47. The molecule has 2 aromatic rings. The Hall–Kier alpha value is -1.88. The highest BCUT2D eigenvalue weighted by Gasteiger charge is 2.22. The van der Waals surface area contributed by atoms with Crippen LogP contribution in [-0.4, -0.2) is 18.1 Å². The number of carbonyl (C=O) groups excluding carboxylic acids is 1. The first-order chi connectivity index (χ1) is 9.04. The van der Waals surface area contributed by atoms with Crippen LogP contribution in [0.5, 0.6) is 0 Å². The molecule has 1 aromatic carbocycles. The van der Waals surface area contributed by atoms with Crippen LogP contribution in [-0.2, 0) is 4.74 Å². The van der Waals surface area contributed by atoms with Gasteiger partial charge in [-0.05, 0) is 18.1 Å². The maximum Gasteiger partial charge on any atom is 0.350 e. The lowest BCUT2D eigenvalue weighted by molar-refractivity contribution is 0.0604. The van der Waals surface area contributed by atoms with Crippen molar-refractivity contribution in [2.45, 2.75) is 19.8 Å². The summed E-state index contributed by atoms with van der Waals surface area (Å²) in [5.41, 5.74) is 8.21. The van der Waals surface area contributed by atoms with E-state index < -0.39 is 0 Å². The van der Waals surface area contributed by atoms with Gasteiger partial charge in [0, 0.05) is 11.3 Å². The molecule has 5 heteroatoms. The first kappa shape index (κ1) is 13.5. The minimum Gasteiger partial charge on any atom is -0.465 e. The Kier molecular flexibility index (Phi) is 3.85. The number of hydrogen-bond acceptors (Lipinski definition) is 5. The van der Waals surface area contributed by atoms with Crippen molar-refractivity contribution in [1.29, 1.82) is 0 Å². The predicted molar refractivity (Wildman–Crippen MR) is 77.4 cm³/mol. The number of nitrogens with two attached hydrogens (primary N) is 1. The van der Waals surface area contributed by atoms with Gasteiger partial charge in [-0.1, -0.05) is 26.0 Å². The highest BCUT2D eigenvalue weighted by Crippen LogP contribution is 2.34. The summed E-state index contributed by atoms with van der Waals surface area (Å²) < 4.78 is 4.81. The molecule has 0 saturated carbocycles. The summed E-state index contributed by atoms with van der Waals surface area (Å²) in [6.07, 6.45) is 0. The number of benzene rings is 1. The normalized spacial score (nSPS) is 10.7. The summed E-state index contributed by atoms with van der Waals surface area (Å²) in [6, 6.07) is 7.50. The van der Waals surface area contributed by atoms with Crippen LogP contribution in [0.15, 0.2) is 24.3 Å². The Balaban J connectivity index is 2.55. The molecule has 0 bridgehead atoms. The molecule has 0 spiro atoms. The fourth-order valence-corrected chi connectivity index (χ4v) is 2.95. The summed E-state index contributed by atoms with van der Waals surface area (Å²) >= 11 is 1.32. The summed E-state index contributed by atoms with van der Waals surface area (Å²) in [7, 11) is 1.38. The van der Waals surface area contributed by atoms with Gasteiger partial charge in [0.15, 0.2) is 0 Å². The van der Waals surface area contributed by atoms with E-state index >= 15 is 0 Å². The highest BCUT2D eigenvalue weighted by molar-refractivity contribution is 7.17. The van der Waals surface area contributed by atoms with Gasteiger partial charge in [-0.15, -0.1) is 11.3 Å². The standard InChI is InChI=1S/C14H16N2O2S/c1-8(2)11-12(14(17)18-3)19-13(16-11)9-6-4-5-7-10(9)15/h4-8H,15H2,1-3H3. The molecule has 0 atom stereocenters. The molecule has 0 fully saturated rings. The molecule has 2 N–H and O–H groups in total. The van der Waals surface area contributed by atoms with Crippen LogP contribution in [0.3, 0.4) is 0 Å². The fraction of sp³-hybridized carbons (Fsp3) is 0.286. The van der Waals surface area contributed by atoms with E-state index in [-0.39, 0.29) is 11.9 Å². The summed E-state index contributed by atoms with van der Waals surface area (Å²) in [5.74, 6) is -0.189. The SMILES string of the molecule is COC(=O)c1sc(-c2ccccc2N)nc1C(C)C. The van der Waals surface area contributed by atoms with Crippen molar-refractivity contribution in [1.82, 2.24) is 4.98 Å². The molecule has 0 radical (unpaired) electrons. The van der Waals surface area contributed by atoms with Crippen LogP contribution in [0.1, 0.15) is 35.1 Å². The first-order valence-corrected chi connectivity index (χ1v) is 6.80. The topological polar surface area (TPSA) is 65.2 Å². The van der Waals surface area contributed by atoms with Gasteiger partial charge in [0.2, 0.25) is 0 Å². The van der Waals surface area contributed by atoms with Crippen LogP contribution in [0.2, 0.25) is 0 Å². The predicted octanol–water partition coefficient (Wildman–Crippen LogP) is 3.30. The van der Waals surface area contributed by atoms with Gasteiger partial charge in [-0.3, -0.25) is 0 Å². The highest BCUT2D eigenvalue weighted by atomic mass is 32.1. The lowest BCUT2D eigenvalue weighted by Gasteiger charge is -2.02. The fourth-order valence-electron chi connectivity index (χ4n) is 1.77. The number of para-hydroxylation sites is 1. The Morgan fingerprint density at radius 2 is 2.05 bits per heavy atom. The van der Waals surface area contributed by atoms with Crippen LogP contribution in [0.25, 0.3) is 10.6 Å². The molecule has 0 aliphatic heterocycles. The van der Waals surface area contributed by atoms with Crippen molar-refractivity contribution in [2.24, 2.45) is 0 Å². The zero-order chi connectivity index (χ0) is 14.0. The van der Waals surface area contributed by atoms with E-state index in [9.17, 15) is 4.79 Å². The molecular weight excluding hydrogens is 260 g/mol. The van der Waals surface area contributed by atoms with E-state index in [1.54, 1.807) is 0 Å². The van der Waals surface area contributed by atoms with Gasteiger partial charge >= 0.3 is 5.97 Å². The molecule has 0 aliphatic carbocycles. The second-order valence-electron chi connectivity index (χ2n) is 4.47. The van der Waals surface area contributed by atoms with Crippen molar-refractivity contribution in [2.75, 3.05) is 12.8 Å². The number of rotatable bonds is 3.